The van der Waals surface area contributed by atoms with Gasteiger partial charge in [-0.3, -0.25) is 4.79 Å². The van der Waals surface area contributed by atoms with Crippen LogP contribution in [0.4, 0.5) is 13.2 Å². The molecule has 0 bridgehead atoms. The number of nitrogens with zero attached hydrogens (tertiary/aromatic N) is 4. The van der Waals surface area contributed by atoms with E-state index in [1.165, 1.54) is 18.2 Å². The summed E-state index contributed by atoms with van der Waals surface area (Å²) in [5.41, 5.74) is 1.02. The number of imidazole rings is 1. The van der Waals surface area contributed by atoms with Gasteiger partial charge >= 0.3 is 6.36 Å². The van der Waals surface area contributed by atoms with Crippen molar-refractivity contribution in [1.82, 2.24) is 25.0 Å². The molecular weight excluding hydrogens is 542 g/mol. The third kappa shape index (κ3) is 5.22. The third-order valence-electron chi connectivity index (χ3n) is 5.21. The smallest absolute Gasteiger partial charge is 0.405 e. The zero-order chi connectivity index (χ0) is 22.2. The van der Waals surface area contributed by atoms with Crippen molar-refractivity contribution >= 4 is 29.9 Å². The predicted molar refractivity (Wildman–Crippen MR) is 116 cm³/mol. The fourth-order valence-electron chi connectivity index (χ4n) is 3.76. The first-order chi connectivity index (χ1) is 14.7. The number of aromatic nitrogens is 4. The first-order valence-electron chi connectivity index (χ1n) is 9.67. The molecule has 32 heavy (non-hydrogen) atoms. The molecule has 2 aromatic heterocycles. The molecule has 8 nitrogen and oxygen atoms in total. The Morgan fingerprint density at radius 3 is 2.75 bits per heavy atom. The van der Waals surface area contributed by atoms with E-state index in [1.807, 2.05) is 6.92 Å². The number of hydrogen-bond donors (Lipinski definition) is 1. The zero-order valence-electron chi connectivity index (χ0n) is 17.2. The van der Waals surface area contributed by atoms with Gasteiger partial charge in [-0.1, -0.05) is 23.4 Å². The van der Waals surface area contributed by atoms with Gasteiger partial charge in [0.15, 0.2) is 5.82 Å². The summed E-state index contributed by atoms with van der Waals surface area (Å²) < 4.78 is 50.0. The first-order valence-corrected chi connectivity index (χ1v) is 9.67. The van der Waals surface area contributed by atoms with E-state index < -0.39 is 18.2 Å². The van der Waals surface area contributed by atoms with Gasteiger partial charge in [-0.2, -0.15) is 4.98 Å². The molecule has 1 aliphatic rings. The van der Waals surface area contributed by atoms with Crippen molar-refractivity contribution in [3.63, 3.8) is 0 Å². The number of carbonyl (C=O) groups excluding carboxylic acids is 1. The average molecular weight is 563 g/mol. The lowest BCUT2D eigenvalue weighted by atomic mass is 9.94. The van der Waals surface area contributed by atoms with Crippen molar-refractivity contribution in [1.29, 1.82) is 0 Å². The van der Waals surface area contributed by atoms with Gasteiger partial charge in [-0.25, -0.2) is 4.98 Å². The predicted octanol–water partition coefficient (Wildman–Crippen LogP) is 3.87. The summed E-state index contributed by atoms with van der Waals surface area (Å²) in [4.78, 5) is 21.5. The van der Waals surface area contributed by atoms with Crippen LogP contribution in [0.1, 0.15) is 41.3 Å². The standard InChI is InChI=1S/C20H20F3N5O3.HI/c1-11-24-10-14-9-13(7-8-28(11)14)19(29)26-17(18-25-12(2)31-27-18)15-5-3-4-6-16(15)30-20(21,22)23;/h3-6,10,13,17H,7-9H2,1-2H3,(H,26,29);1H. The lowest BCUT2D eigenvalue weighted by molar-refractivity contribution is -0.275. The number of hydrogen-bond acceptors (Lipinski definition) is 6. The Morgan fingerprint density at radius 2 is 2.06 bits per heavy atom. The maximum atomic E-state index is 13.1. The molecule has 0 saturated carbocycles. The largest absolute Gasteiger partial charge is 0.573 e. The molecule has 0 radical (unpaired) electrons. The van der Waals surface area contributed by atoms with E-state index in [1.54, 1.807) is 19.2 Å². The summed E-state index contributed by atoms with van der Waals surface area (Å²) in [6.45, 7) is 4.09. The highest BCUT2D eigenvalue weighted by atomic mass is 127. The minimum atomic E-state index is -4.89. The van der Waals surface area contributed by atoms with Crippen molar-refractivity contribution in [2.45, 2.75) is 45.6 Å². The summed E-state index contributed by atoms with van der Waals surface area (Å²) >= 11 is 0. The topological polar surface area (TPSA) is 95.1 Å². The molecule has 1 amide bonds. The van der Waals surface area contributed by atoms with Crippen LogP contribution in [0.3, 0.4) is 0 Å². The molecule has 4 rings (SSSR count). The second-order valence-electron chi connectivity index (χ2n) is 7.34. The summed E-state index contributed by atoms with van der Waals surface area (Å²) in [5, 5.41) is 6.61. The van der Waals surface area contributed by atoms with Crippen LogP contribution in [0.25, 0.3) is 0 Å². The van der Waals surface area contributed by atoms with Crippen LogP contribution in [-0.2, 0) is 17.8 Å². The van der Waals surface area contributed by atoms with Crippen LogP contribution in [0.5, 0.6) is 5.75 Å². The lowest BCUT2D eigenvalue weighted by Crippen LogP contribution is -2.38. The fraction of sp³-hybridized carbons (Fsp3) is 0.400. The minimum absolute atomic E-state index is 0. The van der Waals surface area contributed by atoms with E-state index in [0.29, 0.717) is 19.4 Å². The molecule has 172 valence electrons. The lowest BCUT2D eigenvalue weighted by Gasteiger charge is -2.26. The average Bonchev–Trinajstić information content (AvgIpc) is 3.31. The summed E-state index contributed by atoms with van der Waals surface area (Å²) in [5.74, 6) is 0.0165. The maximum Gasteiger partial charge on any atom is 0.573 e. The molecule has 1 aromatic carbocycles. The Kier molecular flexibility index (Phi) is 7.10. The van der Waals surface area contributed by atoms with Gasteiger partial charge in [0.25, 0.3) is 0 Å². The highest BCUT2D eigenvalue weighted by molar-refractivity contribution is 14.0. The summed E-state index contributed by atoms with van der Waals surface area (Å²) in [7, 11) is 0. The van der Waals surface area contributed by atoms with Crippen LogP contribution >= 0.6 is 24.0 Å². The number of amides is 1. The fourth-order valence-corrected chi connectivity index (χ4v) is 3.76. The third-order valence-corrected chi connectivity index (χ3v) is 5.21. The second-order valence-corrected chi connectivity index (χ2v) is 7.34. The number of rotatable bonds is 5. The molecule has 2 atom stereocenters. The normalized spacial score (nSPS) is 16.6. The molecule has 0 saturated heterocycles. The number of halogens is 4. The minimum Gasteiger partial charge on any atom is -0.405 e. The highest BCUT2D eigenvalue weighted by Gasteiger charge is 2.35. The van der Waals surface area contributed by atoms with Crippen LogP contribution in [0.15, 0.2) is 35.0 Å². The van der Waals surface area contributed by atoms with Crippen molar-refractivity contribution in [3.8, 4) is 5.75 Å². The number of para-hydroxylation sites is 1. The maximum absolute atomic E-state index is 13.1. The number of fused-ring (bicyclic) bond motifs is 1. The Morgan fingerprint density at radius 1 is 1.31 bits per heavy atom. The van der Waals surface area contributed by atoms with Crippen LogP contribution in [0, 0.1) is 19.8 Å². The van der Waals surface area contributed by atoms with Crippen molar-refractivity contribution in [2.75, 3.05) is 0 Å². The van der Waals surface area contributed by atoms with E-state index in [-0.39, 0.29) is 53.1 Å². The Hall–Kier alpha value is -2.64. The van der Waals surface area contributed by atoms with E-state index >= 15 is 0 Å². The van der Waals surface area contributed by atoms with Crippen LogP contribution < -0.4 is 10.1 Å². The second kappa shape index (κ2) is 9.46. The number of benzene rings is 1. The molecule has 3 aromatic rings. The van der Waals surface area contributed by atoms with Crippen molar-refractivity contribution in [2.24, 2.45) is 5.92 Å². The van der Waals surface area contributed by atoms with Gasteiger partial charge in [0, 0.05) is 43.3 Å². The molecule has 3 heterocycles. The highest BCUT2D eigenvalue weighted by Crippen LogP contribution is 2.33. The van der Waals surface area contributed by atoms with E-state index in [2.05, 4.69) is 29.7 Å². The molecule has 2 unspecified atom stereocenters. The van der Waals surface area contributed by atoms with Crippen molar-refractivity contribution in [3.05, 3.63) is 59.3 Å². The van der Waals surface area contributed by atoms with E-state index in [4.69, 9.17) is 4.52 Å². The Balaban J connectivity index is 0.00000289. The van der Waals surface area contributed by atoms with Crippen LogP contribution in [-0.4, -0.2) is 32.0 Å². The van der Waals surface area contributed by atoms with Gasteiger partial charge in [0.05, 0.1) is 0 Å². The number of ether oxygens (including phenoxy) is 1. The van der Waals surface area contributed by atoms with Gasteiger partial charge in [0.1, 0.15) is 17.6 Å². The van der Waals surface area contributed by atoms with Gasteiger partial charge in [-0.15, -0.1) is 37.1 Å². The monoisotopic (exact) mass is 563 g/mol. The Bertz CT molecular complexity index is 1100. The number of aryl methyl sites for hydroxylation is 2. The van der Waals surface area contributed by atoms with E-state index in [9.17, 15) is 18.0 Å². The Labute approximate surface area is 198 Å². The molecule has 0 spiro atoms. The van der Waals surface area contributed by atoms with Gasteiger partial charge in [0.2, 0.25) is 11.8 Å². The number of alkyl halides is 3. The summed E-state index contributed by atoms with van der Waals surface area (Å²) in [6.07, 6.45) is -2.10. The molecule has 1 aliphatic heterocycles. The molecule has 12 heteroatoms. The summed E-state index contributed by atoms with van der Waals surface area (Å²) in [6, 6.07) is 4.49. The van der Waals surface area contributed by atoms with Crippen molar-refractivity contribution < 1.29 is 27.2 Å². The molecule has 1 N–H and O–H groups in total. The quantitative estimate of drug-likeness (QED) is 0.474. The first kappa shape index (κ1) is 24.0. The molecule has 0 fully saturated rings. The zero-order valence-corrected chi connectivity index (χ0v) is 19.5. The number of carbonyl (C=O) groups is 1. The molecule has 0 aliphatic carbocycles. The number of nitrogens with one attached hydrogen (secondary N) is 1. The van der Waals surface area contributed by atoms with Gasteiger partial charge in [-0.05, 0) is 19.4 Å². The van der Waals surface area contributed by atoms with E-state index in [0.717, 1.165) is 11.5 Å². The van der Waals surface area contributed by atoms with Crippen LogP contribution in [0.2, 0.25) is 0 Å². The molecular formula is C20H21F3IN5O3. The van der Waals surface area contributed by atoms with Gasteiger partial charge < -0.3 is 19.1 Å². The SMILES string of the molecule is Cc1nc(C(NC(=O)C2CCn3c(cnc3C)C2)c2ccccc2OC(F)(F)F)no1.I.